The van der Waals surface area contributed by atoms with Gasteiger partial charge < -0.3 is 19.7 Å². The zero-order valence-corrected chi connectivity index (χ0v) is 19.9. The monoisotopic (exact) mass is 494 g/mol. The Hall–Kier alpha value is -4.20. The van der Waals surface area contributed by atoms with Crippen molar-refractivity contribution in [3.05, 3.63) is 71.8 Å². The van der Waals surface area contributed by atoms with Gasteiger partial charge in [-0.1, -0.05) is 49.9 Å². The molecular formula is C28H30O8. The molecule has 2 rings (SSSR count). The summed E-state index contributed by atoms with van der Waals surface area (Å²) in [6, 6.07) is 13.2. The zero-order valence-electron chi connectivity index (χ0n) is 19.9. The number of benzene rings is 2. The van der Waals surface area contributed by atoms with E-state index in [0.29, 0.717) is 35.5 Å². The molecule has 36 heavy (non-hydrogen) atoms. The number of carboxylic acids is 2. The first-order valence-corrected chi connectivity index (χ1v) is 11.8. The lowest BCUT2D eigenvalue weighted by molar-refractivity contribution is -0.135. The molecule has 0 saturated carbocycles. The number of carboxylic acid groups (broad SMARTS) is 2. The number of unbranched alkanes of at least 4 members (excludes halogenated alkanes) is 5. The summed E-state index contributed by atoms with van der Waals surface area (Å²) in [6.45, 7) is 0. The maximum absolute atomic E-state index is 12.0. The largest absolute Gasteiger partial charge is 0.478 e. The van der Waals surface area contributed by atoms with Gasteiger partial charge in [0, 0.05) is 25.0 Å². The molecule has 2 aromatic carbocycles. The Morgan fingerprint density at radius 1 is 0.556 bits per heavy atom. The molecule has 0 aliphatic heterocycles. The van der Waals surface area contributed by atoms with Crippen molar-refractivity contribution in [2.75, 3.05) is 0 Å². The number of aliphatic carboxylic acids is 2. The summed E-state index contributed by atoms with van der Waals surface area (Å²) >= 11 is 0. The number of hydrogen-bond donors (Lipinski definition) is 2. The van der Waals surface area contributed by atoms with Gasteiger partial charge >= 0.3 is 23.9 Å². The smallest absolute Gasteiger partial charge is 0.328 e. The summed E-state index contributed by atoms with van der Waals surface area (Å²) < 4.78 is 10.6. The van der Waals surface area contributed by atoms with Gasteiger partial charge in [0.1, 0.15) is 11.5 Å². The van der Waals surface area contributed by atoms with Gasteiger partial charge in [0.2, 0.25) is 0 Å². The standard InChI is InChI=1S/C28H30O8/c29-25(30)19-13-21-9-15-23(16-10-21)35-27(33)7-5-3-1-2-4-6-8-28(34)36-24-17-11-22(12-18-24)14-20-26(31)32/h9-20H,1-8H2,(H,29,30)(H,31,32). The molecule has 0 aliphatic carbocycles. The van der Waals surface area contributed by atoms with E-state index in [9.17, 15) is 19.2 Å². The summed E-state index contributed by atoms with van der Waals surface area (Å²) in [6.07, 6.45) is 10.8. The number of rotatable bonds is 15. The van der Waals surface area contributed by atoms with Gasteiger partial charge in [-0.25, -0.2) is 9.59 Å². The first kappa shape index (κ1) is 28.0. The lowest BCUT2D eigenvalue weighted by Crippen LogP contribution is -2.07. The van der Waals surface area contributed by atoms with Crippen LogP contribution in [0.1, 0.15) is 62.5 Å². The predicted octanol–water partition coefficient (Wildman–Crippen LogP) is 5.51. The Balaban J connectivity index is 1.51. The molecule has 0 radical (unpaired) electrons. The fourth-order valence-corrected chi connectivity index (χ4v) is 3.24. The minimum absolute atomic E-state index is 0.308. The van der Waals surface area contributed by atoms with Crippen LogP contribution in [0.5, 0.6) is 11.5 Å². The summed E-state index contributed by atoms with van der Waals surface area (Å²) in [5, 5.41) is 17.3. The maximum Gasteiger partial charge on any atom is 0.328 e. The SMILES string of the molecule is O=C(O)C=Cc1ccc(OC(=O)CCCCCCCCC(=O)Oc2ccc(C=CC(=O)O)cc2)cc1. The second kappa shape index (κ2) is 15.7. The van der Waals surface area contributed by atoms with Crippen LogP contribution in [0.25, 0.3) is 12.2 Å². The van der Waals surface area contributed by atoms with E-state index in [2.05, 4.69) is 0 Å². The third-order valence-corrected chi connectivity index (χ3v) is 5.07. The van der Waals surface area contributed by atoms with Crippen LogP contribution in [0.15, 0.2) is 60.7 Å². The minimum Gasteiger partial charge on any atom is -0.478 e. The van der Waals surface area contributed by atoms with Crippen LogP contribution in [0.3, 0.4) is 0 Å². The molecule has 0 aromatic heterocycles. The number of esters is 2. The van der Waals surface area contributed by atoms with E-state index in [-0.39, 0.29) is 11.9 Å². The fourth-order valence-electron chi connectivity index (χ4n) is 3.24. The van der Waals surface area contributed by atoms with E-state index in [1.807, 2.05) is 0 Å². The average molecular weight is 495 g/mol. The van der Waals surface area contributed by atoms with Crippen LogP contribution < -0.4 is 9.47 Å². The molecule has 0 saturated heterocycles. The van der Waals surface area contributed by atoms with Crippen LogP contribution in [0.4, 0.5) is 0 Å². The second-order valence-corrected chi connectivity index (χ2v) is 8.05. The van der Waals surface area contributed by atoms with Gasteiger partial charge in [-0.15, -0.1) is 0 Å². The van der Waals surface area contributed by atoms with Crippen molar-refractivity contribution in [3.63, 3.8) is 0 Å². The molecule has 0 unspecified atom stereocenters. The normalized spacial score (nSPS) is 11.0. The van der Waals surface area contributed by atoms with Gasteiger partial charge in [-0.05, 0) is 60.4 Å². The van der Waals surface area contributed by atoms with E-state index in [1.165, 1.54) is 12.2 Å². The van der Waals surface area contributed by atoms with E-state index < -0.39 is 11.9 Å². The molecule has 190 valence electrons. The van der Waals surface area contributed by atoms with Crippen molar-refractivity contribution in [1.82, 2.24) is 0 Å². The second-order valence-electron chi connectivity index (χ2n) is 8.05. The number of ether oxygens (including phenoxy) is 2. The number of carbonyl (C=O) groups excluding carboxylic acids is 2. The topological polar surface area (TPSA) is 127 Å². The highest BCUT2D eigenvalue weighted by Gasteiger charge is 2.06. The van der Waals surface area contributed by atoms with Gasteiger partial charge in [-0.2, -0.15) is 0 Å². The van der Waals surface area contributed by atoms with Crippen molar-refractivity contribution in [1.29, 1.82) is 0 Å². The van der Waals surface area contributed by atoms with Crippen molar-refractivity contribution >= 4 is 36.0 Å². The molecule has 0 atom stereocenters. The summed E-state index contributed by atoms with van der Waals surface area (Å²) in [5.74, 6) is -1.83. The van der Waals surface area contributed by atoms with Crippen LogP contribution in [0, 0.1) is 0 Å². The zero-order chi connectivity index (χ0) is 26.2. The molecule has 2 aromatic rings. The molecule has 0 spiro atoms. The maximum atomic E-state index is 12.0. The minimum atomic E-state index is -1.03. The van der Waals surface area contributed by atoms with E-state index in [4.69, 9.17) is 19.7 Å². The van der Waals surface area contributed by atoms with Crippen molar-refractivity contribution in [3.8, 4) is 11.5 Å². The first-order chi connectivity index (χ1) is 17.3. The third-order valence-electron chi connectivity index (χ3n) is 5.07. The Labute approximate surface area is 209 Å². The predicted molar refractivity (Wildman–Crippen MR) is 134 cm³/mol. The van der Waals surface area contributed by atoms with Crippen LogP contribution in [-0.2, 0) is 19.2 Å². The molecule has 0 amide bonds. The molecule has 8 heteroatoms. The molecule has 0 fully saturated rings. The quantitative estimate of drug-likeness (QED) is 0.143. The first-order valence-electron chi connectivity index (χ1n) is 11.8. The summed E-state index contributed by atoms with van der Waals surface area (Å²) in [7, 11) is 0. The highest BCUT2D eigenvalue weighted by molar-refractivity contribution is 5.85. The molecule has 0 heterocycles. The number of hydrogen-bond acceptors (Lipinski definition) is 6. The fraction of sp³-hybridized carbons (Fsp3) is 0.286. The lowest BCUT2D eigenvalue weighted by Gasteiger charge is -2.06. The highest BCUT2D eigenvalue weighted by Crippen LogP contribution is 2.17. The van der Waals surface area contributed by atoms with Crippen LogP contribution >= 0.6 is 0 Å². The van der Waals surface area contributed by atoms with Crippen molar-refractivity contribution < 1.29 is 38.9 Å². The Morgan fingerprint density at radius 3 is 1.22 bits per heavy atom. The molecule has 0 aliphatic rings. The van der Waals surface area contributed by atoms with Gasteiger partial charge in [0.15, 0.2) is 0 Å². The Bertz CT molecular complexity index is 978. The Kier molecular flexibility index (Phi) is 12.2. The lowest BCUT2D eigenvalue weighted by atomic mass is 10.1. The summed E-state index contributed by atoms with van der Waals surface area (Å²) in [4.78, 5) is 45.0. The third kappa shape index (κ3) is 12.3. The Morgan fingerprint density at radius 2 is 0.889 bits per heavy atom. The van der Waals surface area contributed by atoms with Crippen molar-refractivity contribution in [2.24, 2.45) is 0 Å². The van der Waals surface area contributed by atoms with Crippen LogP contribution in [-0.4, -0.2) is 34.1 Å². The molecular weight excluding hydrogens is 464 g/mol. The van der Waals surface area contributed by atoms with Crippen molar-refractivity contribution in [2.45, 2.75) is 51.4 Å². The molecule has 0 bridgehead atoms. The van der Waals surface area contributed by atoms with E-state index in [1.54, 1.807) is 48.5 Å². The van der Waals surface area contributed by atoms with E-state index in [0.717, 1.165) is 50.7 Å². The van der Waals surface area contributed by atoms with E-state index >= 15 is 0 Å². The number of carbonyl (C=O) groups is 4. The molecule has 2 N–H and O–H groups in total. The summed E-state index contributed by atoms with van der Waals surface area (Å²) in [5.41, 5.74) is 1.40. The van der Waals surface area contributed by atoms with Gasteiger partial charge in [0.05, 0.1) is 0 Å². The highest BCUT2D eigenvalue weighted by atomic mass is 16.5. The van der Waals surface area contributed by atoms with Gasteiger partial charge in [0.25, 0.3) is 0 Å². The van der Waals surface area contributed by atoms with Crippen LogP contribution in [0.2, 0.25) is 0 Å². The van der Waals surface area contributed by atoms with Gasteiger partial charge in [-0.3, -0.25) is 9.59 Å². The average Bonchev–Trinajstić information content (AvgIpc) is 2.84. The molecule has 8 nitrogen and oxygen atoms in total.